The van der Waals surface area contributed by atoms with Crippen LogP contribution in [0.3, 0.4) is 0 Å². The normalized spacial score (nSPS) is 11.3. The van der Waals surface area contributed by atoms with E-state index in [1.165, 1.54) is 0 Å². The van der Waals surface area contributed by atoms with Gasteiger partial charge in [0.2, 0.25) is 5.91 Å². The van der Waals surface area contributed by atoms with Gasteiger partial charge in [-0.25, -0.2) is 0 Å². The van der Waals surface area contributed by atoms with Crippen molar-refractivity contribution in [3.05, 3.63) is 59.1 Å². The molecule has 2 rings (SSSR count). The van der Waals surface area contributed by atoms with Gasteiger partial charge in [-0.1, -0.05) is 30.7 Å². The molecule has 0 aliphatic heterocycles. The lowest BCUT2D eigenvalue weighted by Gasteiger charge is -2.14. The number of amides is 1. The van der Waals surface area contributed by atoms with Crippen LogP contribution in [0.25, 0.3) is 0 Å². The third-order valence-electron chi connectivity index (χ3n) is 3.13. The van der Waals surface area contributed by atoms with Crippen LogP contribution in [0.2, 0.25) is 5.02 Å². The Bertz CT molecular complexity index is 675. The summed E-state index contributed by atoms with van der Waals surface area (Å²) in [6.07, 6.45) is 0.438. The lowest BCUT2D eigenvalue weighted by Crippen LogP contribution is -2.10. The van der Waals surface area contributed by atoms with Crippen molar-refractivity contribution in [2.45, 2.75) is 19.4 Å². The quantitative estimate of drug-likeness (QED) is 0.861. The van der Waals surface area contributed by atoms with Crippen molar-refractivity contribution in [2.24, 2.45) is 0 Å². The maximum absolute atomic E-state index is 11.3. The minimum atomic E-state index is -0.464. The summed E-state index contributed by atoms with van der Waals surface area (Å²) >= 11 is 5.85. The Hall–Kier alpha value is -2.51. The molecule has 2 aromatic rings. The standard InChI is InChI=1S/C17H16ClN3O/c1-2-17(22)21-15-9-7-14(8-10-15)20-16(11-19)12-3-5-13(18)6-4-12/h3-10,16,20H,2H2,1H3,(H,21,22). The van der Waals surface area contributed by atoms with Crippen LogP contribution in [0.15, 0.2) is 48.5 Å². The summed E-state index contributed by atoms with van der Waals surface area (Å²) in [6, 6.07) is 16.1. The van der Waals surface area contributed by atoms with Crippen molar-refractivity contribution in [3.63, 3.8) is 0 Å². The fourth-order valence-corrected chi connectivity index (χ4v) is 2.04. The van der Waals surface area contributed by atoms with E-state index in [9.17, 15) is 10.1 Å². The molecule has 0 radical (unpaired) electrons. The van der Waals surface area contributed by atoms with Gasteiger partial charge in [-0.2, -0.15) is 5.26 Å². The van der Waals surface area contributed by atoms with E-state index >= 15 is 0 Å². The first-order valence-corrected chi connectivity index (χ1v) is 7.31. The van der Waals surface area contributed by atoms with Gasteiger partial charge in [0.05, 0.1) is 6.07 Å². The van der Waals surface area contributed by atoms with Gasteiger partial charge in [0.25, 0.3) is 0 Å². The zero-order valence-electron chi connectivity index (χ0n) is 12.1. The van der Waals surface area contributed by atoms with E-state index < -0.39 is 6.04 Å². The zero-order valence-corrected chi connectivity index (χ0v) is 12.9. The molecular weight excluding hydrogens is 298 g/mol. The zero-order chi connectivity index (χ0) is 15.9. The Labute approximate surface area is 134 Å². The molecule has 4 nitrogen and oxygen atoms in total. The second kappa shape index (κ2) is 7.48. The maximum atomic E-state index is 11.3. The number of carbonyl (C=O) groups is 1. The molecule has 0 saturated carbocycles. The van der Waals surface area contributed by atoms with Crippen LogP contribution < -0.4 is 10.6 Å². The molecular formula is C17H16ClN3O. The predicted octanol–water partition coefficient (Wildman–Crippen LogP) is 4.37. The largest absolute Gasteiger partial charge is 0.366 e. The molecule has 0 saturated heterocycles. The van der Waals surface area contributed by atoms with Crippen molar-refractivity contribution in [3.8, 4) is 6.07 Å². The first kappa shape index (κ1) is 15.9. The van der Waals surface area contributed by atoms with E-state index in [-0.39, 0.29) is 5.91 Å². The molecule has 1 atom stereocenters. The highest BCUT2D eigenvalue weighted by Gasteiger charge is 2.10. The molecule has 0 heterocycles. The summed E-state index contributed by atoms with van der Waals surface area (Å²) in [4.78, 5) is 11.3. The average Bonchev–Trinajstić information content (AvgIpc) is 2.55. The maximum Gasteiger partial charge on any atom is 0.224 e. The fraction of sp³-hybridized carbons (Fsp3) is 0.176. The third-order valence-corrected chi connectivity index (χ3v) is 3.39. The van der Waals surface area contributed by atoms with Gasteiger partial charge >= 0.3 is 0 Å². The summed E-state index contributed by atoms with van der Waals surface area (Å²) < 4.78 is 0. The number of hydrogen-bond acceptors (Lipinski definition) is 3. The molecule has 0 bridgehead atoms. The number of nitriles is 1. The molecule has 0 aliphatic rings. The SMILES string of the molecule is CCC(=O)Nc1ccc(NC(C#N)c2ccc(Cl)cc2)cc1. The van der Waals surface area contributed by atoms with Gasteiger partial charge in [-0.3, -0.25) is 4.79 Å². The van der Waals surface area contributed by atoms with Crippen LogP contribution in [0, 0.1) is 11.3 Å². The van der Waals surface area contributed by atoms with Gasteiger partial charge < -0.3 is 10.6 Å². The average molecular weight is 314 g/mol. The minimum absolute atomic E-state index is 0.0308. The van der Waals surface area contributed by atoms with Gasteiger partial charge in [-0.05, 0) is 42.0 Å². The predicted molar refractivity (Wildman–Crippen MR) is 88.8 cm³/mol. The number of anilines is 2. The molecule has 0 aromatic heterocycles. The molecule has 0 fully saturated rings. The molecule has 22 heavy (non-hydrogen) atoms. The summed E-state index contributed by atoms with van der Waals surface area (Å²) in [7, 11) is 0. The molecule has 0 aliphatic carbocycles. The molecule has 2 aromatic carbocycles. The van der Waals surface area contributed by atoms with Crippen molar-refractivity contribution in [1.29, 1.82) is 5.26 Å². The minimum Gasteiger partial charge on any atom is -0.366 e. The Kier molecular flexibility index (Phi) is 5.40. The smallest absolute Gasteiger partial charge is 0.224 e. The Balaban J connectivity index is 2.07. The van der Waals surface area contributed by atoms with E-state index in [1.807, 2.05) is 24.3 Å². The van der Waals surface area contributed by atoms with Crippen LogP contribution >= 0.6 is 11.6 Å². The second-order valence-corrected chi connectivity index (χ2v) is 5.17. The highest BCUT2D eigenvalue weighted by Crippen LogP contribution is 2.22. The summed E-state index contributed by atoms with van der Waals surface area (Å²) in [5.74, 6) is -0.0308. The number of halogens is 1. The lowest BCUT2D eigenvalue weighted by molar-refractivity contribution is -0.115. The van der Waals surface area contributed by atoms with Crippen molar-refractivity contribution in [1.82, 2.24) is 0 Å². The Morgan fingerprint density at radius 2 is 1.73 bits per heavy atom. The van der Waals surface area contributed by atoms with Crippen molar-refractivity contribution < 1.29 is 4.79 Å². The first-order chi connectivity index (χ1) is 10.6. The fourth-order valence-electron chi connectivity index (χ4n) is 1.91. The van der Waals surface area contributed by atoms with Crippen molar-refractivity contribution in [2.75, 3.05) is 10.6 Å². The summed E-state index contributed by atoms with van der Waals surface area (Å²) in [6.45, 7) is 1.80. The Morgan fingerprint density at radius 3 is 2.27 bits per heavy atom. The van der Waals surface area contributed by atoms with E-state index in [0.29, 0.717) is 11.4 Å². The van der Waals surface area contributed by atoms with Crippen LogP contribution in [-0.4, -0.2) is 5.91 Å². The van der Waals surface area contributed by atoms with Crippen LogP contribution in [-0.2, 0) is 4.79 Å². The summed E-state index contributed by atoms with van der Waals surface area (Å²) in [5.41, 5.74) is 2.38. The molecule has 2 N–H and O–H groups in total. The van der Waals surface area contributed by atoms with Crippen LogP contribution in [0.5, 0.6) is 0 Å². The van der Waals surface area contributed by atoms with Crippen molar-refractivity contribution >= 4 is 28.9 Å². The highest BCUT2D eigenvalue weighted by molar-refractivity contribution is 6.30. The second-order valence-electron chi connectivity index (χ2n) is 4.74. The number of nitrogens with one attached hydrogen (secondary N) is 2. The van der Waals surface area contributed by atoms with Gasteiger partial charge in [0.1, 0.15) is 6.04 Å². The molecule has 0 spiro atoms. The number of carbonyl (C=O) groups excluding carboxylic acids is 1. The number of rotatable bonds is 5. The lowest BCUT2D eigenvalue weighted by atomic mass is 10.1. The molecule has 5 heteroatoms. The van der Waals surface area contributed by atoms with Gasteiger partial charge in [-0.15, -0.1) is 0 Å². The van der Waals surface area contributed by atoms with E-state index in [0.717, 1.165) is 16.9 Å². The van der Waals surface area contributed by atoms with Gasteiger partial charge in [0.15, 0.2) is 0 Å². The van der Waals surface area contributed by atoms with Crippen LogP contribution in [0.4, 0.5) is 11.4 Å². The number of hydrogen-bond donors (Lipinski definition) is 2. The molecule has 1 amide bonds. The third kappa shape index (κ3) is 4.24. The van der Waals surface area contributed by atoms with E-state index in [4.69, 9.17) is 11.6 Å². The topological polar surface area (TPSA) is 64.9 Å². The number of nitrogens with zero attached hydrogens (tertiary/aromatic N) is 1. The number of benzene rings is 2. The van der Waals surface area contributed by atoms with Crippen LogP contribution in [0.1, 0.15) is 24.9 Å². The van der Waals surface area contributed by atoms with E-state index in [2.05, 4.69) is 16.7 Å². The highest BCUT2D eigenvalue weighted by atomic mass is 35.5. The summed E-state index contributed by atoms with van der Waals surface area (Å²) in [5, 5.41) is 15.9. The van der Waals surface area contributed by atoms with E-state index in [1.54, 1.807) is 31.2 Å². The monoisotopic (exact) mass is 313 g/mol. The molecule has 1 unspecified atom stereocenters. The first-order valence-electron chi connectivity index (χ1n) is 6.94. The van der Waals surface area contributed by atoms with Gasteiger partial charge in [0, 0.05) is 22.8 Å². The molecule has 112 valence electrons. The Morgan fingerprint density at radius 1 is 1.14 bits per heavy atom.